The molecule has 0 amide bonds. The molecule has 10 aromatic rings. The first-order chi connectivity index (χ1) is 32.8. The molecule has 1 aliphatic rings. The number of nitrogens with zero attached hydrogens (tertiary/aromatic N) is 2. The van der Waals surface area contributed by atoms with Gasteiger partial charge in [0.15, 0.2) is 0 Å². The molecule has 0 N–H and O–H groups in total. The Morgan fingerprint density at radius 2 is 0.632 bits per heavy atom. The van der Waals surface area contributed by atoms with E-state index in [1.165, 1.54) is 99.7 Å². The Hall–Kier alpha value is -7.68. The normalized spacial score (nSPS) is 12.1. The first kappa shape index (κ1) is 42.9. The lowest BCUT2D eigenvalue weighted by atomic mass is 9.78. The molecule has 2 heteroatoms. The fraction of sp³-hybridized carbons (Fsp3) is 0.152. The zero-order valence-corrected chi connectivity index (χ0v) is 40.5. The lowest BCUT2D eigenvalue weighted by Gasteiger charge is -2.32. The van der Waals surface area contributed by atoms with E-state index in [0.29, 0.717) is 0 Å². The molecule has 0 saturated heterocycles. The van der Waals surface area contributed by atoms with Crippen molar-refractivity contribution in [3.05, 3.63) is 229 Å². The number of fused-ring (bicyclic) bond motifs is 6. The third-order valence-electron chi connectivity index (χ3n) is 14.1. The Balaban J connectivity index is 1.02. The van der Waals surface area contributed by atoms with E-state index in [2.05, 4.69) is 271 Å². The molecule has 2 nitrogen and oxygen atoms in total. The molecule has 0 heterocycles. The van der Waals surface area contributed by atoms with Crippen LogP contribution in [0.25, 0.3) is 66.1 Å². The maximum absolute atomic E-state index is 2.48. The zero-order valence-electron chi connectivity index (χ0n) is 40.5. The second-order valence-electron chi connectivity index (χ2n) is 20.8. The predicted octanol–water partition coefficient (Wildman–Crippen LogP) is 19.1. The Labute approximate surface area is 402 Å². The van der Waals surface area contributed by atoms with Crippen molar-refractivity contribution >= 4 is 55.7 Å². The number of para-hydroxylation sites is 2. The van der Waals surface area contributed by atoms with Gasteiger partial charge in [-0.05, 0) is 175 Å². The van der Waals surface area contributed by atoms with Gasteiger partial charge >= 0.3 is 0 Å². The third-order valence-corrected chi connectivity index (χ3v) is 14.1. The molecular weight excluding hydrogens is 821 g/mol. The van der Waals surface area contributed by atoms with Crippen LogP contribution in [-0.4, -0.2) is 0 Å². The van der Waals surface area contributed by atoms with E-state index in [0.717, 1.165) is 22.7 Å². The summed E-state index contributed by atoms with van der Waals surface area (Å²) >= 11 is 0. The first-order valence-corrected chi connectivity index (χ1v) is 24.1. The molecule has 0 aliphatic heterocycles. The van der Waals surface area contributed by atoms with Gasteiger partial charge in [-0.15, -0.1) is 0 Å². The molecular formula is C66H58N2. The Morgan fingerprint density at radius 3 is 1.01 bits per heavy atom. The maximum atomic E-state index is 2.48. The Morgan fingerprint density at radius 1 is 0.279 bits per heavy atom. The molecule has 0 unspecified atom stereocenters. The van der Waals surface area contributed by atoms with E-state index in [1.807, 2.05) is 0 Å². The van der Waals surface area contributed by atoms with Crippen LogP contribution in [0, 0.1) is 13.8 Å². The molecule has 0 fully saturated rings. The molecule has 68 heavy (non-hydrogen) atoms. The number of aryl methyl sites for hydroxylation is 2. The van der Waals surface area contributed by atoms with Gasteiger partial charge in [-0.3, -0.25) is 0 Å². The van der Waals surface area contributed by atoms with E-state index in [9.17, 15) is 0 Å². The molecule has 332 valence electrons. The lowest BCUT2D eigenvalue weighted by Crippen LogP contribution is -2.16. The topological polar surface area (TPSA) is 6.48 Å². The second kappa shape index (κ2) is 16.6. The number of hydrogen-bond donors (Lipinski definition) is 0. The summed E-state index contributed by atoms with van der Waals surface area (Å²) in [6.07, 6.45) is 0. The van der Waals surface area contributed by atoms with Crippen LogP contribution in [-0.2, 0) is 10.8 Å². The Kier molecular flexibility index (Phi) is 10.5. The minimum Gasteiger partial charge on any atom is -0.310 e. The van der Waals surface area contributed by atoms with Crippen molar-refractivity contribution in [2.45, 2.75) is 66.2 Å². The first-order valence-electron chi connectivity index (χ1n) is 24.1. The number of rotatable bonds is 8. The van der Waals surface area contributed by atoms with Crippen molar-refractivity contribution in [2.75, 3.05) is 9.80 Å². The standard InChI is InChI=1S/C66H58N2/c1-43-19-15-29-57(45-21-11-9-12-22-45)63(43)67(53-27-17-25-51(41-53)65(3,4)5)55-33-31-47-37-59-61(39-49(47)35-55)60-38-48-32-34-56(36-50(48)40-62(59)60)68(54-28-18-26-52(42-54)66(6,7)8)64-44(2)20-16-30-58(64)46-23-13-10-14-24-46/h9-42H,1-8H3. The minimum absolute atomic E-state index is 0.00472. The van der Waals surface area contributed by atoms with Crippen molar-refractivity contribution in [1.82, 2.24) is 0 Å². The summed E-state index contributed by atoms with van der Waals surface area (Å²) in [7, 11) is 0. The van der Waals surface area contributed by atoms with Crippen LogP contribution in [0.5, 0.6) is 0 Å². The fourth-order valence-corrected chi connectivity index (χ4v) is 10.3. The molecule has 0 spiro atoms. The number of hydrogen-bond acceptors (Lipinski definition) is 2. The summed E-state index contributed by atoms with van der Waals surface area (Å²) in [5, 5.41) is 4.94. The highest BCUT2D eigenvalue weighted by Crippen LogP contribution is 2.52. The van der Waals surface area contributed by atoms with E-state index in [1.54, 1.807) is 0 Å². The predicted molar refractivity (Wildman–Crippen MR) is 293 cm³/mol. The summed E-state index contributed by atoms with van der Waals surface area (Å²) in [6.45, 7) is 18.2. The molecule has 11 rings (SSSR count). The van der Waals surface area contributed by atoms with Crippen molar-refractivity contribution in [3.63, 3.8) is 0 Å². The SMILES string of the molecule is Cc1cccc(-c2ccccc2)c1N(c1cccc(C(C)(C)C)c1)c1ccc2cc3c(cc2c1)-c1cc2ccc(N(c4cccc(C(C)(C)C)c4)c4c(C)cccc4-c4ccccc4)cc2cc1-3. The zero-order chi connectivity index (χ0) is 46.9. The molecule has 1 aliphatic carbocycles. The fourth-order valence-electron chi connectivity index (χ4n) is 10.3. The second-order valence-corrected chi connectivity index (χ2v) is 20.8. The van der Waals surface area contributed by atoms with Crippen LogP contribution in [0.3, 0.4) is 0 Å². The van der Waals surface area contributed by atoms with E-state index < -0.39 is 0 Å². The largest absolute Gasteiger partial charge is 0.310 e. The molecule has 0 aromatic heterocycles. The average Bonchev–Trinajstić information content (AvgIpc) is 3.34. The van der Waals surface area contributed by atoms with Crippen molar-refractivity contribution in [2.24, 2.45) is 0 Å². The maximum Gasteiger partial charge on any atom is 0.0569 e. The lowest BCUT2D eigenvalue weighted by molar-refractivity contribution is 0.590. The van der Waals surface area contributed by atoms with Gasteiger partial charge in [0.05, 0.1) is 11.4 Å². The highest BCUT2D eigenvalue weighted by molar-refractivity contribution is 6.13. The van der Waals surface area contributed by atoms with E-state index in [4.69, 9.17) is 0 Å². The van der Waals surface area contributed by atoms with Crippen molar-refractivity contribution in [3.8, 4) is 44.5 Å². The van der Waals surface area contributed by atoms with Gasteiger partial charge in [0.1, 0.15) is 0 Å². The number of benzene rings is 10. The van der Waals surface area contributed by atoms with E-state index in [-0.39, 0.29) is 10.8 Å². The van der Waals surface area contributed by atoms with Crippen molar-refractivity contribution in [1.29, 1.82) is 0 Å². The van der Waals surface area contributed by atoms with Gasteiger partial charge in [-0.25, -0.2) is 0 Å². The molecule has 0 atom stereocenters. The van der Waals surface area contributed by atoms with Crippen LogP contribution in [0.4, 0.5) is 34.1 Å². The van der Waals surface area contributed by atoms with Gasteiger partial charge < -0.3 is 9.80 Å². The molecule has 0 saturated carbocycles. The summed E-state index contributed by atoms with van der Waals surface area (Å²) < 4.78 is 0. The molecule has 0 radical (unpaired) electrons. The smallest absolute Gasteiger partial charge is 0.0569 e. The highest BCUT2D eigenvalue weighted by Gasteiger charge is 2.27. The number of anilines is 6. The third kappa shape index (κ3) is 7.64. The summed E-state index contributed by atoms with van der Waals surface area (Å²) in [5.74, 6) is 0. The van der Waals surface area contributed by atoms with Gasteiger partial charge in [0, 0.05) is 33.9 Å². The van der Waals surface area contributed by atoms with Crippen LogP contribution in [0.1, 0.15) is 63.8 Å². The summed E-state index contributed by atoms with van der Waals surface area (Å²) in [4.78, 5) is 4.96. The monoisotopic (exact) mass is 878 g/mol. The van der Waals surface area contributed by atoms with Crippen LogP contribution in [0.15, 0.2) is 206 Å². The van der Waals surface area contributed by atoms with Crippen LogP contribution in [0.2, 0.25) is 0 Å². The quantitative estimate of drug-likeness (QED) is 0.150. The van der Waals surface area contributed by atoms with Gasteiger partial charge in [0.25, 0.3) is 0 Å². The highest BCUT2D eigenvalue weighted by atomic mass is 15.2. The summed E-state index contributed by atoms with van der Waals surface area (Å²) in [5.41, 5.74) is 22.1. The van der Waals surface area contributed by atoms with E-state index >= 15 is 0 Å². The summed E-state index contributed by atoms with van der Waals surface area (Å²) in [6, 6.07) is 76.9. The van der Waals surface area contributed by atoms with Crippen LogP contribution < -0.4 is 9.80 Å². The average molecular weight is 879 g/mol. The van der Waals surface area contributed by atoms with Gasteiger partial charge in [-0.1, -0.05) is 175 Å². The minimum atomic E-state index is 0.00472. The molecule has 10 aromatic carbocycles. The van der Waals surface area contributed by atoms with Gasteiger partial charge in [0.2, 0.25) is 0 Å². The Bertz CT molecular complexity index is 3300. The molecule has 0 bridgehead atoms. The van der Waals surface area contributed by atoms with Gasteiger partial charge in [-0.2, -0.15) is 0 Å². The van der Waals surface area contributed by atoms with Crippen molar-refractivity contribution < 1.29 is 0 Å². The van der Waals surface area contributed by atoms with Crippen LogP contribution >= 0.6 is 0 Å².